The lowest BCUT2D eigenvalue weighted by Gasteiger charge is -2.22. The SMILES string of the molecule is COC(=O)C1(CN)CCCO1.Cl. The maximum atomic E-state index is 11.1. The van der Waals surface area contributed by atoms with Crippen LogP contribution in [0.25, 0.3) is 0 Å². The summed E-state index contributed by atoms with van der Waals surface area (Å²) in [5.74, 6) is -0.350. The first-order valence-electron chi connectivity index (χ1n) is 3.67. The second kappa shape index (κ2) is 4.64. The van der Waals surface area contributed by atoms with Gasteiger partial charge in [0.2, 0.25) is 0 Å². The Morgan fingerprint density at radius 1 is 1.75 bits per heavy atom. The van der Waals surface area contributed by atoms with Crippen molar-refractivity contribution in [1.29, 1.82) is 0 Å². The summed E-state index contributed by atoms with van der Waals surface area (Å²) < 4.78 is 9.83. The van der Waals surface area contributed by atoms with Gasteiger partial charge in [0.05, 0.1) is 7.11 Å². The average molecular weight is 196 g/mol. The van der Waals surface area contributed by atoms with E-state index in [0.717, 1.165) is 6.42 Å². The van der Waals surface area contributed by atoms with Gasteiger partial charge in [0.15, 0.2) is 5.60 Å². The minimum Gasteiger partial charge on any atom is -0.467 e. The third kappa shape index (κ3) is 1.88. The van der Waals surface area contributed by atoms with Gasteiger partial charge in [-0.25, -0.2) is 4.79 Å². The van der Waals surface area contributed by atoms with Gasteiger partial charge in [0, 0.05) is 13.2 Å². The molecule has 1 aliphatic heterocycles. The van der Waals surface area contributed by atoms with Gasteiger partial charge in [-0.1, -0.05) is 0 Å². The Hall–Kier alpha value is -0.320. The first-order valence-corrected chi connectivity index (χ1v) is 3.67. The molecule has 5 heteroatoms. The largest absolute Gasteiger partial charge is 0.467 e. The van der Waals surface area contributed by atoms with Gasteiger partial charge in [-0.3, -0.25) is 0 Å². The molecule has 0 radical (unpaired) electrons. The van der Waals surface area contributed by atoms with Gasteiger partial charge >= 0.3 is 5.97 Å². The highest BCUT2D eigenvalue weighted by Crippen LogP contribution is 2.25. The summed E-state index contributed by atoms with van der Waals surface area (Å²) in [6.07, 6.45) is 1.56. The van der Waals surface area contributed by atoms with Crippen molar-refractivity contribution in [2.45, 2.75) is 18.4 Å². The quantitative estimate of drug-likeness (QED) is 0.635. The number of carbonyl (C=O) groups is 1. The van der Waals surface area contributed by atoms with E-state index in [-0.39, 0.29) is 24.9 Å². The van der Waals surface area contributed by atoms with E-state index in [9.17, 15) is 4.79 Å². The highest BCUT2D eigenvalue weighted by atomic mass is 35.5. The summed E-state index contributed by atoms with van der Waals surface area (Å²) in [6.45, 7) is 0.811. The molecule has 0 bridgehead atoms. The third-order valence-corrected chi connectivity index (χ3v) is 1.99. The molecule has 2 N–H and O–H groups in total. The van der Waals surface area contributed by atoms with Gasteiger partial charge in [-0.2, -0.15) is 0 Å². The van der Waals surface area contributed by atoms with Crippen LogP contribution in [0.4, 0.5) is 0 Å². The zero-order chi connectivity index (χ0) is 8.32. The molecule has 1 heterocycles. The molecule has 1 fully saturated rings. The van der Waals surface area contributed by atoms with Crippen molar-refractivity contribution in [2.75, 3.05) is 20.3 Å². The lowest BCUT2D eigenvalue weighted by molar-refractivity contribution is -0.162. The molecule has 12 heavy (non-hydrogen) atoms. The normalized spacial score (nSPS) is 27.8. The predicted molar refractivity (Wildman–Crippen MR) is 46.2 cm³/mol. The number of halogens is 1. The van der Waals surface area contributed by atoms with E-state index in [0.29, 0.717) is 13.0 Å². The summed E-state index contributed by atoms with van der Waals surface area (Å²) >= 11 is 0. The molecule has 0 aromatic carbocycles. The smallest absolute Gasteiger partial charge is 0.339 e. The fourth-order valence-electron chi connectivity index (χ4n) is 1.29. The van der Waals surface area contributed by atoms with Crippen LogP contribution in [0.15, 0.2) is 0 Å². The Morgan fingerprint density at radius 2 is 2.42 bits per heavy atom. The number of nitrogens with two attached hydrogens (primary N) is 1. The molecule has 0 aromatic rings. The average Bonchev–Trinajstić information content (AvgIpc) is 2.52. The van der Waals surface area contributed by atoms with Crippen LogP contribution in [0.1, 0.15) is 12.8 Å². The second-order valence-electron chi connectivity index (χ2n) is 2.64. The van der Waals surface area contributed by atoms with E-state index < -0.39 is 5.60 Å². The van der Waals surface area contributed by atoms with Crippen LogP contribution in [0.2, 0.25) is 0 Å². The minimum absolute atomic E-state index is 0. The van der Waals surface area contributed by atoms with Crippen molar-refractivity contribution in [3.8, 4) is 0 Å². The zero-order valence-corrected chi connectivity index (χ0v) is 7.86. The molecule has 1 atom stereocenters. The first-order chi connectivity index (χ1) is 5.25. The van der Waals surface area contributed by atoms with Gasteiger partial charge in [0.25, 0.3) is 0 Å². The highest BCUT2D eigenvalue weighted by Gasteiger charge is 2.42. The van der Waals surface area contributed by atoms with E-state index in [1.54, 1.807) is 0 Å². The minimum atomic E-state index is -0.839. The summed E-state index contributed by atoms with van der Waals surface area (Å²) in [6, 6.07) is 0. The number of ether oxygens (including phenoxy) is 2. The molecule has 0 spiro atoms. The third-order valence-electron chi connectivity index (χ3n) is 1.99. The van der Waals surface area contributed by atoms with E-state index in [2.05, 4.69) is 4.74 Å². The molecule has 4 nitrogen and oxygen atoms in total. The van der Waals surface area contributed by atoms with Gasteiger partial charge in [0.1, 0.15) is 0 Å². The number of rotatable bonds is 2. The van der Waals surface area contributed by atoms with Crippen LogP contribution in [-0.4, -0.2) is 31.8 Å². The first kappa shape index (κ1) is 11.7. The Labute approximate surface area is 77.8 Å². The molecular formula is C7H14ClNO3. The lowest BCUT2D eigenvalue weighted by Crippen LogP contribution is -2.45. The van der Waals surface area contributed by atoms with E-state index >= 15 is 0 Å². The topological polar surface area (TPSA) is 61.5 Å². The molecule has 1 rings (SSSR count). The number of esters is 1. The van der Waals surface area contributed by atoms with Crippen molar-refractivity contribution in [2.24, 2.45) is 5.73 Å². The summed E-state index contributed by atoms with van der Waals surface area (Å²) in [4.78, 5) is 11.1. The van der Waals surface area contributed by atoms with Crippen LogP contribution in [0.5, 0.6) is 0 Å². The van der Waals surface area contributed by atoms with Gasteiger partial charge in [-0.05, 0) is 12.8 Å². The molecule has 0 aromatic heterocycles. The molecule has 0 saturated carbocycles. The summed E-state index contributed by atoms with van der Waals surface area (Å²) in [5, 5.41) is 0. The highest BCUT2D eigenvalue weighted by molar-refractivity contribution is 5.85. The number of carbonyl (C=O) groups excluding carboxylic acids is 1. The predicted octanol–water partition coefficient (Wildman–Crippen LogP) is 0.0891. The van der Waals surface area contributed by atoms with Crippen LogP contribution < -0.4 is 5.73 Å². The van der Waals surface area contributed by atoms with Gasteiger partial charge in [-0.15, -0.1) is 12.4 Å². The standard InChI is InChI=1S/C7H13NO3.ClH/c1-10-6(9)7(5-8)3-2-4-11-7;/h2-5,8H2,1H3;1H. The van der Waals surface area contributed by atoms with Crippen molar-refractivity contribution in [3.05, 3.63) is 0 Å². The summed E-state index contributed by atoms with van der Waals surface area (Å²) in [5.41, 5.74) is 4.58. The Morgan fingerprint density at radius 3 is 2.75 bits per heavy atom. The lowest BCUT2D eigenvalue weighted by atomic mass is 10.0. The van der Waals surface area contributed by atoms with Crippen LogP contribution >= 0.6 is 12.4 Å². The Balaban J connectivity index is 0.00000121. The maximum absolute atomic E-state index is 11.1. The number of hydrogen-bond donors (Lipinski definition) is 1. The maximum Gasteiger partial charge on any atom is 0.339 e. The van der Waals surface area contributed by atoms with Crippen molar-refractivity contribution in [1.82, 2.24) is 0 Å². The second-order valence-corrected chi connectivity index (χ2v) is 2.64. The molecule has 1 aliphatic rings. The molecule has 72 valence electrons. The molecule has 1 saturated heterocycles. The van der Waals surface area contributed by atoms with E-state index in [1.807, 2.05) is 0 Å². The fraction of sp³-hybridized carbons (Fsp3) is 0.857. The molecular weight excluding hydrogens is 182 g/mol. The summed E-state index contributed by atoms with van der Waals surface area (Å²) in [7, 11) is 1.35. The Kier molecular flexibility index (Phi) is 4.52. The monoisotopic (exact) mass is 195 g/mol. The molecule has 1 unspecified atom stereocenters. The van der Waals surface area contributed by atoms with Crippen LogP contribution in [-0.2, 0) is 14.3 Å². The number of hydrogen-bond acceptors (Lipinski definition) is 4. The van der Waals surface area contributed by atoms with Gasteiger partial charge < -0.3 is 15.2 Å². The van der Waals surface area contributed by atoms with Crippen molar-refractivity contribution >= 4 is 18.4 Å². The van der Waals surface area contributed by atoms with Crippen LogP contribution in [0, 0.1) is 0 Å². The number of methoxy groups -OCH3 is 1. The van der Waals surface area contributed by atoms with E-state index in [1.165, 1.54) is 7.11 Å². The molecule has 0 amide bonds. The zero-order valence-electron chi connectivity index (χ0n) is 7.04. The van der Waals surface area contributed by atoms with Crippen molar-refractivity contribution < 1.29 is 14.3 Å². The van der Waals surface area contributed by atoms with E-state index in [4.69, 9.17) is 10.5 Å². The molecule has 0 aliphatic carbocycles. The van der Waals surface area contributed by atoms with Crippen LogP contribution in [0.3, 0.4) is 0 Å². The fourth-order valence-corrected chi connectivity index (χ4v) is 1.29. The van der Waals surface area contributed by atoms with Crippen molar-refractivity contribution in [3.63, 3.8) is 0 Å². The Bertz CT molecular complexity index is 157.